The van der Waals surface area contributed by atoms with Gasteiger partial charge in [0.2, 0.25) is 0 Å². The molecular formula is C17H16N6O. The van der Waals surface area contributed by atoms with Gasteiger partial charge in [-0.05, 0) is 47.7 Å². The lowest BCUT2D eigenvalue weighted by molar-refractivity contribution is 0.561. The molecule has 24 heavy (non-hydrogen) atoms. The van der Waals surface area contributed by atoms with Gasteiger partial charge in [-0.1, -0.05) is 18.2 Å². The predicted molar refractivity (Wildman–Crippen MR) is 89.9 cm³/mol. The van der Waals surface area contributed by atoms with Gasteiger partial charge in [0.05, 0.1) is 11.7 Å². The summed E-state index contributed by atoms with van der Waals surface area (Å²) in [5.41, 5.74) is 3.46. The molecular weight excluding hydrogens is 304 g/mol. The van der Waals surface area contributed by atoms with Crippen molar-refractivity contribution in [3.63, 3.8) is 0 Å². The van der Waals surface area contributed by atoms with E-state index in [0.717, 1.165) is 28.3 Å². The summed E-state index contributed by atoms with van der Waals surface area (Å²) in [5, 5.41) is 15.5. The Kier molecular flexibility index (Phi) is 3.45. The van der Waals surface area contributed by atoms with Crippen LogP contribution in [0.25, 0.3) is 16.8 Å². The molecule has 0 saturated heterocycles. The first-order valence-electron chi connectivity index (χ1n) is 7.68. The second-order valence-corrected chi connectivity index (χ2v) is 5.57. The fourth-order valence-corrected chi connectivity index (χ4v) is 2.66. The van der Waals surface area contributed by atoms with E-state index in [1.165, 1.54) is 0 Å². The minimum Gasteiger partial charge on any atom is -0.441 e. The lowest BCUT2D eigenvalue weighted by atomic mass is 10.2. The van der Waals surface area contributed by atoms with Gasteiger partial charge in [-0.15, -0.1) is 5.10 Å². The van der Waals surface area contributed by atoms with Gasteiger partial charge in [-0.3, -0.25) is 0 Å². The number of benzene rings is 2. The molecule has 0 aliphatic carbocycles. The minimum atomic E-state index is -0.0781. The molecule has 0 fully saturated rings. The number of aryl methyl sites for hydroxylation is 1. The maximum atomic E-state index is 5.50. The molecule has 0 radical (unpaired) electrons. The molecule has 2 heterocycles. The topological polar surface area (TPSA) is 81.7 Å². The molecule has 0 unspecified atom stereocenters. The maximum absolute atomic E-state index is 5.50. The predicted octanol–water partition coefficient (Wildman–Crippen LogP) is 3.29. The molecule has 0 amide bonds. The molecule has 1 N–H and O–H groups in total. The number of anilines is 1. The third kappa shape index (κ3) is 2.60. The van der Waals surface area contributed by atoms with Gasteiger partial charge in [0, 0.05) is 12.6 Å². The first kappa shape index (κ1) is 14.4. The summed E-state index contributed by atoms with van der Waals surface area (Å²) >= 11 is 0. The Hall–Kier alpha value is -3.22. The first-order chi connectivity index (χ1) is 11.7. The van der Waals surface area contributed by atoms with Crippen LogP contribution in [0.2, 0.25) is 0 Å². The summed E-state index contributed by atoms with van der Waals surface area (Å²) in [6, 6.07) is 15.6. The van der Waals surface area contributed by atoms with Crippen LogP contribution in [0.5, 0.6) is 0 Å². The summed E-state index contributed by atoms with van der Waals surface area (Å²) in [5.74, 6) is 1.39. The quantitative estimate of drug-likeness (QED) is 0.621. The van der Waals surface area contributed by atoms with Crippen molar-refractivity contribution in [1.82, 2.24) is 25.2 Å². The number of tetrazole rings is 1. The molecule has 0 aliphatic rings. The Bertz CT molecular complexity index is 975. The van der Waals surface area contributed by atoms with Crippen molar-refractivity contribution < 1.29 is 4.42 Å². The number of nitrogens with one attached hydrogen (secondary N) is 1. The van der Waals surface area contributed by atoms with Gasteiger partial charge in [0.25, 0.3) is 0 Å². The van der Waals surface area contributed by atoms with E-state index in [-0.39, 0.29) is 6.04 Å². The van der Waals surface area contributed by atoms with Gasteiger partial charge in [0.15, 0.2) is 17.3 Å². The standard InChI is InChI=1S/C17H16N6O/c1-11(17-20-21-22-23(17)14-6-4-3-5-7-14)18-13-8-9-16-15(10-13)19-12(2)24-16/h3-11,18H,1-2H3/t11-/m1/s1. The van der Waals surface area contributed by atoms with E-state index in [1.54, 1.807) is 4.68 Å². The van der Waals surface area contributed by atoms with Crippen molar-refractivity contribution in [2.45, 2.75) is 19.9 Å². The smallest absolute Gasteiger partial charge is 0.192 e. The summed E-state index contributed by atoms with van der Waals surface area (Å²) in [7, 11) is 0. The summed E-state index contributed by atoms with van der Waals surface area (Å²) in [6.45, 7) is 3.85. The normalized spacial score (nSPS) is 12.4. The van der Waals surface area contributed by atoms with Crippen LogP contribution in [0.1, 0.15) is 24.7 Å². The van der Waals surface area contributed by atoms with Crippen molar-refractivity contribution in [3.8, 4) is 5.69 Å². The van der Waals surface area contributed by atoms with Crippen molar-refractivity contribution in [2.24, 2.45) is 0 Å². The maximum Gasteiger partial charge on any atom is 0.192 e. The van der Waals surface area contributed by atoms with Crippen molar-refractivity contribution in [2.75, 3.05) is 5.32 Å². The summed E-state index contributed by atoms with van der Waals surface area (Å²) in [4.78, 5) is 4.36. The molecule has 120 valence electrons. The Labute approximate surface area is 138 Å². The SMILES string of the molecule is Cc1nc2cc(N[C@H](C)c3nnnn3-c3ccccc3)ccc2o1. The first-order valence-corrected chi connectivity index (χ1v) is 7.68. The van der Waals surface area contributed by atoms with Gasteiger partial charge in [-0.25, -0.2) is 4.98 Å². The Morgan fingerprint density at radius 3 is 2.79 bits per heavy atom. The molecule has 4 aromatic rings. The zero-order chi connectivity index (χ0) is 16.5. The van der Waals surface area contributed by atoms with Crippen LogP contribution in [-0.4, -0.2) is 25.2 Å². The molecule has 0 spiro atoms. The highest BCUT2D eigenvalue weighted by molar-refractivity contribution is 5.77. The Morgan fingerprint density at radius 1 is 1.12 bits per heavy atom. The molecule has 1 atom stereocenters. The lowest BCUT2D eigenvalue weighted by Crippen LogP contribution is -2.13. The van der Waals surface area contributed by atoms with Crippen LogP contribution < -0.4 is 5.32 Å². The number of aromatic nitrogens is 5. The van der Waals surface area contributed by atoms with E-state index in [4.69, 9.17) is 4.42 Å². The molecule has 7 heteroatoms. The number of rotatable bonds is 4. The van der Waals surface area contributed by atoms with Crippen molar-refractivity contribution in [1.29, 1.82) is 0 Å². The number of fused-ring (bicyclic) bond motifs is 1. The average molecular weight is 320 g/mol. The number of oxazole rings is 1. The number of para-hydroxylation sites is 1. The minimum absolute atomic E-state index is 0.0781. The monoisotopic (exact) mass is 320 g/mol. The van der Waals surface area contributed by atoms with E-state index < -0.39 is 0 Å². The van der Waals surface area contributed by atoms with Gasteiger partial charge in [0.1, 0.15) is 5.52 Å². The third-order valence-electron chi connectivity index (χ3n) is 3.76. The van der Waals surface area contributed by atoms with Crippen LogP contribution in [0.4, 0.5) is 5.69 Å². The van der Waals surface area contributed by atoms with Gasteiger partial charge >= 0.3 is 0 Å². The van der Waals surface area contributed by atoms with E-state index >= 15 is 0 Å². The van der Waals surface area contributed by atoms with Crippen LogP contribution >= 0.6 is 0 Å². The second kappa shape index (κ2) is 5.77. The molecule has 0 aliphatic heterocycles. The number of hydrogen-bond acceptors (Lipinski definition) is 6. The van der Waals surface area contributed by atoms with Crippen molar-refractivity contribution in [3.05, 3.63) is 60.2 Å². The Balaban J connectivity index is 1.62. The van der Waals surface area contributed by atoms with Gasteiger partial charge in [-0.2, -0.15) is 4.68 Å². The average Bonchev–Trinajstić information content (AvgIpc) is 3.21. The van der Waals surface area contributed by atoms with Crippen LogP contribution in [0.3, 0.4) is 0 Å². The number of nitrogens with zero attached hydrogens (tertiary/aromatic N) is 5. The van der Waals surface area contributed by atoms with Gasteiger partial charge < -0.3 is 9.73 Å². The summed E-state index contributed by atoms with van der Waals surface area (Å²) < 4.78 is 7.23. The Morgan fingerprint density at radius 2 is 1.96 bits per heavy atom. The highest BCUT2D eigenvalue weighted by Gasteiger charge is 2.16. The highest BCUT2D eigenvalue weighted by atomic mass is 16.3. The highest BCUT2D eigenvalue weighted by Crippen LogP contribution is 2.23. The zero-order valence-electron chi connectivity index (χ0n) is 13.3. The van der Waals surface area contributed by atoms with Crippen LogP contribution in [0.15, 0.2) is 52.9 Å². The molecule has 4 rings (SSSR count). The van der Waals surface area contributed by atoms with E-state index in [2.05, 4.69) is 25.8 Å². The molecule has 2 aromatic carbocycles. The van der Waals surface area contributed by atoms with E-state index in [1.807, 2.05) is 62.4 Å². The molecule has 0 bridgehead atoms. The zero-order valence-corrected chi connectivity index (χ0v) is 13.3. The second-order valence-electron chi connectivity index (χ2n) is 5.57. The lowest BCUT2D eigenvalue weighted by Gasteiger charge is -2.14. The third-order valence-corrected chi connectivity index (χ3v) is 3.76. The largest absolute Gasteiger partial charge is 0.441 e. The fraction of sp³-hybridized carbons (Fsp3) is 0.176. The number of hydrogen-bond donors (Lipinski definition) is 1. The van der Waals surface area contributed by atoms with Crippen LogP contribution in [-0.2, 0) is 0 Å². The van der Waals surface area contributed by atoms with E-state index in [9.17, 15) is 0 Å². The van der Waals surface area contributed by atoms with Crippen LogP contribution in [0, 0.1) is 6.92 Å². The van der Waals surface area contributed by atoms with Crippen molar-refractivity contribution >= 4 is 16.8 Å². The molecule has 7 nitrogen and oxygen atoms in total. The fourth-order valence-electron chi connectivity index (χ4n) is 2.66. The summed E-state index contributed by atoms with van der Waals surface area (Å²) in [6.07, 6.45) is 0. The molecule has 2 aromatic heterocycles. The molecule has 0 saturated carbocycles. The van der Waals surface area contributed by atoms with E-state index in [0.29, 0.717) is 5.89 Å².